The van der Waals surface area contributed by atoms with Gasteiger partial charge in [0.2, 0.25) is 0 Å². The summed E-state index contributed by atoms with van der Waals surface area (Å²) in [7, 11) is 0. The molecule has 0 saturated heterocycles. The summed E-state index contributed by atoms with van der Waals surface area (Å²) in [4.78, 5) is 6.38. The van der Waals surface area contributed by atoms with Crippen LogP contribution in [-0.4, -0.2) is 18.1 Å². The third-order valence-corrected chi connectivity index (χ3v) is 3.43. The first-order chi connectivity index (χ1) is 9.83. The second-order valence-corrected chi connectivity index (χ2v) is 4.73. The van der Waals surface area contributed by atoms with Crippen LogP contribution in [-0.2, 0) is 6.42 Å². The van der Waals surface area contributed by atoms with E-state index >= 15 is 0 Å². The number of benzene rings is 1. The summed E-state index contributed by atoms with van der Waals surface area (Å²) < 4.78 is 0. The Bertz CT molecular complexity index is 525. The van der Waals surface area contributed by atoms with Crippen molar-refractivity contribution in [1.82, 2.24) is 4.98 Å². The van der Waals surface area contributed by atoms with Gasteiger partial charge < -0.3 is 4.90 Å². The van der Waals surface area contributed by atoms with E-state index in [0.717, 1.165) is 19.5 Å². The van der Waals surface area contributed by atoms with Crippen LogP contribution < -0.4 is 4.90 Å². The molecule has 2 aromatic rings. The SMILES string of the molecule is CCN(CC)c1ccc(/C=C/Cc2ccncc2)cc1. The van der Waals surface area contributed by atoms with E-state index in [1.807, 2.05) is 24.5 Å². The van der Waals surface area contributed by atoms with Gasteiger partial charge in [0, 0.05) is 31.2 Å². The molecule has 0 bridgehead atoms. The molecule has 0 saturated carbocycles. The zero-order valence-electron chi connectivity index (χ0n) is 12.3. The van der Waals surface area contributed by atoms with Crippen LogP contribution in [0.15, 0.2) is 54.9 Å². The van der Waals surface area contributed by atoms with Crippen molar-refractivity contribution in [3.05, 3.63) is 66.0 Å². The highest BCUT2D eigenvalue weighted by Crippen LogP contribution is 2.15. The molecular weight excluding hydrogens is 244 g/mol. The lowest BCUT2D eigenvalue weighted by Gasteiger charge is -2.20. The summed E-state index contributed by atoms with van der Waals surface area (Å²) in [6.07, 6.45) is 8.98. The van der Waals surface area contributed by atoms with Crippen LogP contribution in [0.5, 0.6) is 0 Å². The molecule has 0 amide bonds. The zero-order chi connectivity index (χ0) is 14.2. The molecule has 0 fully saturated rings. The highest BCUT2D eigenvalue weighted by atomic mass is 15.1. The largest absolute Gasteiger partial charge is 0.372 e. The summed E-state index contributed by atoms with van der Waals surface area (Å²) in [5.41, 5.74) is 3.83. The Hall–Kier alpha value is -2.09. The van der Waals surface area contributed by atoms with Crippen LogP contribution in [0.2, 0.25) is 0 Å². The van der Waals surface area contributed by atoms with Gasteiger partial charge in [-0.25, -0.2) is 0 Å². The summed E-state index contributed by atoms with van der Waals surface area (Å²) in [5.74, 6) is 0. The molecule has 1 aromatic heterocycles. The molecule has 0 aliphatic heterocycles. The van der Waals surface area contributed by atoms with Crippen LogP contribution in [0.1, 0.15) is 25.0 Å². The summed E-state index contributed by atoms with van der Waals surface area (Å²) in [5, 5.41) is 0. The number of aromatic nitrogens is 1. The standard InChI is InChI=1S/C18H22N2/c1-3-20(4-2)18-10-8-16(9-11-18)6-5-7-17-12-14-19-15-13-17/h5-6,8-15H,3-4,7H2,1-2H3/b6-5+. The number of pyridine rings is 1. The van der Waals surface area contributed by atoms with Crippen LogP contribution in [0.3, 0.4) is 0 Å². The molecule has 0 aliphatic rings. The van der Waals surface area contributed by atoms with Crippen LogP contribution in [0.4, 0.5) is 5.69 Å². The molecule has 0 radical (unpaired) electrons. The minimum Gasteiger partial charge on any atom is -0.372 e. The third kappa shape index (κ3) is 3.95. The van der Waals surface area contributed by atoms with E-state index in [0.29, 0.717) is 0 Å². The van der Waals surface area contributed by atoms with Crippen molar-refractivity contribution in [2.75, 3.05) is 18.0 Å². The smallest absolute Gasteiger partial charge is 0.0366 e. The predicted molar refractivity (Wildman–Crippen MR) is 87.0 cm³/mol. The van der Waals surface area contributed by atoms with E-state index < -0.39 is 0 Å². The molecule has 2 rings (SSSR count). The Kier molecular flexibility index (Phi) is 5.36. The fourth-order valence-corrected chi connectivity index (χ4v) is 2.23. The van der Waals surface area contributed by atoms with Crippen molar-refractivity contribution in [3.63, 3.8) is 0 Å². The lowest BCUT2D eigenvalue weighted by molar-refractivity contribution is 0.866. The molecule has 1 heterocycles. The average Bonchev–Trinajstić information content (AvgIpc) is 2.51. The summed E-state index contributed by atoms with van der Waals surface area (Å²) in [6, 6.07) is 12.8. The average molecular weight is 266 g/mol. The maximum Gasteiger partial charge on any atom is 0.0366 e. The van der Waals surface area contributed by atoms with E-state index in [-0.39, 0.29) is 0 Å². The summed E-state index contributed by atoms with van der Waals surface area (Å²) in [6.45, 7) is 6.47. The van der Waals surface area contributed by atoms with E-state index in [2.05, 4.69) is 60.1 Å². The normalized spacial score (nSPS) is 10.9. The van der Waals surface area contributed by atoms with Crippen LogP contribution in [0.25, 0.3) is 6.08 Å². The number of nitrogens with zero attached hydrogens (tertiary/aromatic N) is 2. The van der Waals surface area contributed by atoms with Crippen LogP contribution in [0, 0.1) is 0 Å². The molecule has 2 nitrogen and oxygen atoms in total. The van der Waals surface area contributed by atoms with Gasteiger partial charge in [-0.05, 0) is 55.7 Å². The van der Waals surface area contributed by atoms with Crippen molar-refractivity contribution in [2.45, 2.75) is 20.3 Å². The predicted octanol–water partition coefficient (Wildman–Crippen LogP) is 4.18. The van der Waals surface area contributed by atoms with Gasteiger partial charge in [0.1, 0.15) is 0 Å². The minimum absolute atomic E-state index is 0.945. The van der Waals surface area contributed by atoms with Gasteiger partial charge in [-0.1, -0.05) is 24.3 Å². The van der Waals surface area contributed by atoms with Crippen molar-refractivity contribution < 1.29 is 0 Å². The van der Waals surface area contributed by atoms with Gasteiger partial charge >= 0.3 is 0 Å². The Labute approximate surface area is 121 Å². The molecule has 0 spiro atoms. The Morgan fingerprint density at radius 3 is 2.20 bits per heavy atom. The van der Waals surface area contributed by atoms with Gasteiger partial charge in [-0.3, -0.25) is 4.98 Å². The molecule has 0 aliphatic carbocycles. The van der Waals surface area contributed by atoms with E-state index in [1.54, 1.807) is 0 Å². The molecule has 0 unspecified atom stereocenters. The van der Waals surface area contributed by atoms with Gasteiger partial charge in [-0.2, -0.15) is 0 Å². The first kappa shape index (κ1) is 14.3. The maximum atomic E-state index is 4.03. The quantitative estimate of drug-likeness (QED) is 0.779. The maximum absolute atomic E-state index is 4.03. The molecule has 0 atom stereocenters. The zero-order valence-corrected chi connectivity index (χ0v) is 12.3. The van der Waals surface area contributed by atoms with Gasteiger partial charge in [0.15, 0.2) is 0 Å². The monoisotopic (exact) mass is 266 g/mol. The first-order valence-corrected chi connectivity index (χ1v) is 7.24. The first-order valence-electron chi connectivity index (χ1n) is 7.24. The highest BCUT2D eigenvalue weighted by Gasteiger charge is 1.99. The number of hydrogen-bond acceptors (Lipinski definition) is 2. The highest BCUT2D eigenvalue weighted by molar-refractivity contribution is 5.56. The second-order valence-electron chi connectivity index (χ2n) is 4.73. The Morgan fingerprint density at radius 1 is 0.950 bits per heavy atom. The van der Waals surface area contributed by atoms with Crippen molar-refractivity contribution >= 4 is 11.8 Å². The van der Waals surface area contributed by atoms with E-state index in [1.165, 1.54) is 16.8 Å². The van der Waals surface area contributed by atoms with Gasteiger partial charge in [0.25, 0.3) is 0 Å². The topological polar surface area (TPSA) is 16.1 Å². The third-order valence-electron chi connectivity index (χ3n) is 3.43. The second kappa shape index (κ2) is 7.49. The molecule has 1 aromatic carbocycles. The van der Waals surface area contributed by atoms with Gasteiger partial charge in [-0.15, -0.1) is 0 Å². The molecule has 104 valence electrons. The summed E-state index contributed by atoms with van der Waals surface area (Å²) >= 11 is 0. The lowest BCUT2D eigenvalue weighted by atomic mass is 10.1. The Morgan fingerprint density at radius 2 is 1.60 bits per heavy atom. The van der Waals surface area contributed by atoms with Crippen molar-refractivity contribution in [2.24, 2.45) is 0 Å². The van der Waals surface area contributed by atoms with Crippen molar-refractivity contribution in [3.8, 4) is 0 Å². The fourth-order valence-electron chi connectivity index (χ4n) is 2.23. The van der Waals surface area contributed by atoms with Crippen molar-refractivity contribution in [1.29, 1.82) is 0 Å². The van der Waals surface area contributed by atoms with E-state index in [9.17, 15) is 0 Å². The minimum atomic E-state index is 0.945. The molecule has 0 N–H and O–H groups in total. The number of rotatable bonds is 6. The number of allylic oxidation sites excluding steroid dienone is 1. The molecule has 2 heteroatoms. The Balaban J connectivity index is 1.97. The van der Waals surface area contributed by atoms with Gasteiger partial charge in [0.05, 0.1) is 0 Å². The van der Waals surface area contributed by atoms with E-state index in [4.69, 9.17) is 0 Å². The fraction of sp³-hybridized carbons (Fsp3) is 0.278. The molecular formula is C18H22N2. The van der Waals surface area contributed by atoms with Crippen LogP contribution >= 0.6 is 0 Å². The number of anilines is 1. The lowest BCUT2D eigenvalue weighted by Crippen LogP contribution is -2.21. The molecule has 20 heavy (non-hydrogen) atoms. The number of hydrogen-bond donors (Lipinski definition) is 0.